The van der Waals surface area contributed by atoms with Gasteiger partial charge in [0.05, 0.1) is 12.1 Å². The minimum absolute atomic E-state index is 0.0216. The predicted octanol–water partition coefficient (Wildman–Crippen LogP) is 2.25. The van der Waals surface area contributed by atoms with Gasteiger partial charge in [-0.1, -0.05) is 13.8 Å². The molecule has 3 heteroatoms. The van der Waals surface area contributed by atoms with Crippen LogP contribution in [0.5, 0.6) is 0 Å². The zero-order chi connectivity index (χ0) is 14.3. The molecule has 1 aliphatic heterocycles. The Balaban J connectivity index is 1.70. The molecule has 20 heavy (non-hydrogen) atoms. The van der Waals surface area contributed by atoms with E-state index in [0.29, 0.717) is 24.6 Å². The highest BCUT2D eigenvalue weighted by atomic mass is 16.3. The van der Waals surface area contributed by atoms with Crippen LogP contribution in [0.2, 0.25) is 0 Å². The minimum Gasteiger partial charge on any atom is -0.394 e. The average molecular weight is 280 g/mol. The molecular weight excluding hydrogens is 248 g/mol. The molecular formula is C17H32N2O. The summed E-state index contributed by atoms with van der Waals surface area (Å²) in [5, 5.41) is 13.9. The van der Waals surface area contributed by atoms with Gasteiger partial charge in [0.1, 0.15) is 0 Å². The van der Waals surface area contributed by atoms with Gasteiger partial charge in [-0.15, -0.1) is 0 Å². The lowest BCUT2D eigenvalue weighted by Gasteiger charge is -2.46. The van der Waals surface area contributed by atoms with Crippen molar-refractivity contribution >= 4 is 0 Å². The van der Waals surface area contributed by atoms with Gasteiger partial charge in [0, 0.05) is 25.2 Å². The molecule has 4 atom stereocenters. The van der Waals surface area contributed by atoms with Crippen LogP contribution in [0.1, 0.15) is 52.9 Å². The first kappa shape index (κ1) is 14.8. The van der Waals surface area contributed by atoms with E-state index in [1.165, 1.54) is 38.6 Å². The summed E-state index contributed by atoms with van der Waals surface area (Å²) in [5.41, 5.74) is -0.0216. The Kier molecular flexibility index (Phi) is 4.13. The van der Waals surface area contributed by atoms with Crippen LogP contribution in [-0.4, -0.2) is 47.3 Å². The average Bonchev–Trinajstić information content (AvgIpc) is 3.25. The lowest BCUT2D eigenvalue weighted by molar-refractivity contribution is 0.0223. The highest BCUT2D eigenvalue weighted by molar-refractivity contribution is 5.07. The smallest absolute Gasteiger partial charge is 0.0628 e. The van der Waals surface area contributed by atoms with Crippen molar-refractivity contribution < 1.29 is 5.11 Å². The fourth-order valence-corrected chi connectivity index (χ4v) is 4.19. The minimum atomic E-state index is -0.0216. The summed E-state index contributed by atoms with van der Waals surface area (Å²) in [6.07, 6.45) is 6.55. The van der Waals surface area contributed by atoms with E-state index in [9.17, 15) is 5.11 Å². The van der Waals surface area contributed by atoms with E-state index < -0.39 is 0 Å². The van der Waals surface area contributed by atoms with Gasteiger partial charge in [0.25, 0.3) is 0 Å². The van der Waals surface area contributed by atoms with E-state index in [4.69, 9.17) is 0 Å². The van der Waals surface area contributed by atoms with Crippen molar-refractivity contribution in [1.29, 1.82) is 0 Å². The van der Waals surface area contributed by atoms with E-state index in [1.54, 1.807) is 0 Å². The van der Waals surface area contributed by atoms with Crippen LogP contribution >= 0.6 is 0 Å². The molecule has 3 fully saturated rings. The first-order chi connectivity index (χ1) is 9.54. The van der Waals surface area contributed by atoms with Crippen LogP contribution in [0, 0.1) is 17.8 Å². The fraction of sp³-hybridized carbons (Fsp3) is 1.00. The van der Waals surface area contributed by atoms with Gasteiger partial charge in [0.2, 0.25) is 0 Å². The van der Waals surface area contributed by atoms with Crippen LogP contribution < -0.4 is 5.32 Å². The van der Waals surface area contributed by atoms with Crippen LogP contribution in [0.3, 0.4) is 0 Å². The molecule has 0 spiro atoms. The number of likely N-dealkylation sites (tertiary alicyclic amines) is 1. The zero-order valence-electron chi connectivity index (χ0n) is 13.4. The Bertz CT molecular complexity index is 340. The first-order valence-electron chi connectivity index (χ1n) is 8.66. The molecule has 116 valence electrons. The molecule has 0 aromatic carbocycles. The maximum absolute atomic E-state index is 10.1. The van der Waals surface area contributed by atoms with Gasteiger partial charge in [-0.2, -0.15) is 0 Å². The van der Waals surface area contributed by atoms with Gasteiger partial charge < -0.3 is 10.4 Å². The maximum Gasteiger partial charge on any atom is 0.0628 e. The summed E-state index contributed by atoms with van der Waals surface area (Å²) in [6.45, 7) is 9.69. The second kappa shape index (κ2) is 5.58. The molecule has 1 saturated heterocycles. The van der Waals surface area contributed by atoms with E-state index in [2.05, 4.69) is 31.0 Å². The second-order valence-electron chi connectivity index (χ2n) is 8.00. The summed E-state index contributed by atoms with van der Waals surface area (Å²) < 4.78 is 0. The van der Waals surface area contributed by atoms with Crippen molar-refractivity contribution in [2.24, 2.45) is 17.8 Å². The van der Waals surface area contributed by atoms with Crippen LogP contribution in [0.4, 0.5) is 0 Å². The lowest BCUT2D eigenvalue weighted by Crippen LogP contribution is -2.62. The third-order valence-electron chi connectivity index (χ3n) is 5.91. The van der Waals surface area contributed by atoms with Crippen LogP contribution in [-0.2, 0) is 0 Å². The number of aliphatic hydroxyl groups is 1. The Morgan fingerprint density at radius 2 is 1.85 bits per heavy atom. The van der Waals surface area contributed by atoms with Crippen molar-refractivity contribution in [3.05, 3.63) is 0 Å². The first-order valence-corrected chi connectivity index (χ1v) is 8.66. The Morgan fingerprint density at radius 3 is 2.40 bits per heavy atom. The summed E-state index contributed by atoms with van der Waals surface area (Å²) in [5.74, 6) is 2.26. The molecule has 3 nitrogen and oxygen atoms in total. The van der Waals surface area contributed by atoms with Crippen molar-refractivity contribution in [2.45, 2.75) is 70.5 Å². The van der Waals surface area contributed by atoms with Gasteiger partial charge in [0.15, 0.2) is 0 Å². The molecule has 0 aromatic heterocycles. The Morgan fingerprint density at radius 1 is 1.15 bits per heavy atom. The van der Waals surface area contributed by atoms with Crippen LogP contribution in [0.15, 0.2) is 0 Å². The normalized spacial score (nSPS) is 38.7. The van der Waals surface area contributed by atoms with Crippen molar-refractivity contribution in [2.75, 3.05) is 19.7 Å². The number of aliphatic hydroxyl groups excluding tert-OH is 1. The molecule has 0 radical (unpaired) electrons. The fourth-order valence-electron chi connectivity index (χ4n) is 4.19. The van der Waals surface area contributed by atoms with Gasteiger partial charge in [-0.05, 0) is 56.8 Å². The summed E-state index contributed by atoms with van der Waals surface area (Å²) in [7, 11) is 0. The van der Waals surface area contributed by atoms with E-state index >= 15 is 0 Å². The van der Waals surface area contributed by atoms with Crippen molar-refractivity contribution in [3.63, 3.8) is 0 Å². The Labute approximate surface area is 124 Å². The lowest BCUT2D eigenvalue weighted by atomic mass is 9.83. The molecule has 3 rings (SSSR count). The summed E-state index contributed by atoms with van der Waals surface area (Å²) in [6, 6.07) is 1.33. The number of piperidine rings is 1. The maximum atomic E-state index is 10.1. The molecule has 3 aliphatic rings. The summed E-state index contributed by atoms with van der Waals surface area (Å²) >= 11 is 0. The molecule has 0 amide bonds. The standard InChI is InChI=1S/C17H32N2O/c1-12-8-13(2)14(3)19(9-12)10-17(11-20,15-4-5-15)18-16-6-7-16/h12-16,18,20H,4-11H2,1-3H3. The van der Waals surface area contributed by atoms with Gasteiger partial charge in [-0.3, -0.25) is 4.90 Å². The number of hydrogen-bond donors (Lipinski definition) is 2. The Hall–Kier alpha value is -0.120. The highest BCUT2D eigenvalue weighted by Crippen LogP contribution is 2.43. The third-order valence-corrected chi connectivity index (χ3v) is 5.91. The van der Waals surface area contributed by atoms with Crippen molar-refractivity contribution in [3.8, 4) is 0 Å². The van der Waals surface area contributed by atoms with Crippen molar-refractivity contribution in [1.82, 2.24) is 10.2 Å². The molecule has 2 N–H and O–H groups in total. The molecule has 0 bridgehead atoms. The van der Waals surface area contributed by atoms with Gasteiger partial charge >= 0.3 is 0 Å². The van der Waals surface area contributed by atoms with E-state index in [1.807, 2.05) is 0 Å². The monoisotopic (exact) mass is 280 g/mol. The third kappa shape index (κ3) is 3.05. The largest absolute Gasteiger partial charge is 0.394 e. The molecule has 4 unspecified atom stereocenters. The highest BCUT2D eigenvalue weighted by Gasteiger charge is 2.49. The topological polar surface area (TPSA) is 35.5 Å². The zero-order valence-corrected chi connectivity index (χ0v) is 13.4. The summed E-state index contributed by atoms with van der Waals surface area (Å²) in [4.78, 5) is 2.66. The second-order valence-corrected chi connectivity index (χ2v) is 8.00. The molecule has 0 aromatic rings. The van der Waals surface area contributed by atoms with Crippen LogP contribution in [0.25, 0.3) is 0 Å². The molecule has 2 saturated carbocycles. The van der Waals surface area contributed by atoms with Gasteiger partial charge in [-0.25, -0.2) is 0 Å². The number of hydrogen-bond acceptors (Lipinski definition) is 3. The quantitative estimate of drug-likeness (QED) is 0.783. The van der Waals surface area contributed by atoms with E-state index in [0.717, 1.165) is 18.4 Å². The number of nitrogens with zero attached hydrogens (tertiary/aromatic N) is 1. The SMILES string of the molecule is CC1CC(C)C(C)N(CC(CO)(NC2CC2)C2CC2)C1. The predicted molar refractivity (Wildman–Crippen MR) is 82.7 cm³/mol. The van der Waals surface area contributed by atoms with E-state index in [-0.39, 0.29) is 5.54 Å². The molecule has 1 heterocycles. The number of rotatable bonds is 6. The number of nitrogens with one attached hydrogen (secondary N) is 1. The molecule has 2 aliphatic carbocycles.